The van der Waals surface area contributed by atoms with Gasteiger partial charge in [0.1, 0.15) is 10.9 Å². The molecule has 0 saturated carbocycles. The summed E-state index contributed by atoms with van der Waals surface area (Å²) in [6, 6.07) is 14.0. The van der Waals surface area contributed by atoms with Crippen molar-refractivity contribution in [3.63, 3.8) is 0 Å². The van der Waals surface area contributed by atoms with E-state index in [1.54, 1.807) is 48.5 Å². The number of nitrogens with zero attached hydrogens (tertiary/aromatic N) is 2. The molecule has 5 N–H and O–H groups in total. The van der Waals surface area contributed by atoms with Gasteiger partial charge in [0.05, 0.1) is 0 Å². The average Bonchev–Trinajstić information content (AvgIpc) is 3.28. The summed E-state index contributed by atoms with van der Waals surface area (Å²) >= 11 is 6.08. The van der Waals surface area contributed by atoms with Gasteiger partial charge in [-0.25, -0.2) is 8.42 Å². The maximum absolute atomic E-state index is 14.3. The van der Waals surface area contributed by atoms with Crippen molar-refractivity contribution in [1.29, 1.82) is 5.41 Å². The molecule has 0 bridgehead atoms. The Kier molecular flexibility index (Phi) is 7.07. The largest absolute Gasteiger partial charge is 0.368 e. The molecule has 1 heterocycles. The molecule has 9 heteroatoms. The summed E-state index contributed by atoms with van der Waals surface area (Å²) in [6.45, 7) is 3.98. The van der Waals surface area contributed by atoms with E-state index in [2.05, 4.69) is 11.7 Å². The van der Waals surface area contributed by atoms with Crippen LogP contribution in [0.15, 0.2) is 84.4 Å². The van der Waals surface area contributed by atoms with E-state index >= 15 is 0 Å². The Hall–Kier alpha value is -3.46. The van der Waals surface area contributed by atoms with E-state index in [0.29, 0.717) is 38.5 Å². The lowest BCUT2D eigenvalue weighted by Crippen LogP contribution is -2.28. The monoisotopic (exact) mass is 507 g/mol. The zero-order chi connectivity index (χ0) is 25.2. The molecule has 0 saturated heterocycles. The van der Waals surface area contributed by atoms with Crippen molar-refractivity contribution in [1.82, 2.24) is 9.78 Å². The highest BCUT2D eigenvalue weighted by molar-refractivity contribution is 7.91. The van der Waals surface area contributed by atoms with Gasteiger partial charge >= 0.3 is 0 Å². The van der Waals surface area contributed by atoms with E-state index in [9.17, 15) is 8.42 Å². The van der Waals surface area contributed by atoms with Gasteiger partial charge in [0, 0.05) is 22.7 Å². The number of nitrogens with one attached hydrogen (secondary N) is 1. The summed E-state index contributed by atoms with van der Waals surface area (Å²) in [5.41, 5.74) is 15.1. The van der Waals surface area contributed by atoms with Crippen molar-refractivity contribution in [3.8, 4) is 11.3 Å². The summed E-state index contributed by atoms with van der Waals surface area (Å²) < 4.78 is 29.6. The highest BCUT2D eigenvalue weighted by atomic mass is 35.5. The molecule has 0 spiro atoms. The minimum atomic E-state index is -4.18. The highest BCUT2D eigenvalue weighted by Gasteiger charge is 2.37. The average molecular weight is 508 g/mol. The van der Waals surface area contributed by atoms with E-state index in [1.807, 2.05) is 18.2 Å². The quantitative estimate of drug-likeness (QED) is 0.239. The highest BCUT2D eigenvalue weighted by Crippen LogP contribution is 2.41. The van der Waals surface area contributed by atoms with Crippen LogP contribution in [0.2, 0.25) is 5.02 Å². The van der Waals surface area contributed by atoms with Crippen molar-refractivity contribution in [2.75, 3.05) is 0 Å². The van der Waals surface area contributed by atoms with Crippen molar-refractivity contribution >= 4 is 33.0 Å². The number of allylic oxidation sites excluding steroid dienone is 4. The Labute approximate surface area is 209 Å². The van der Waals surface area contributed by atoms with Gasteiger partial charge in [0.2, 0.25) is 15.8 Å². The number of hydrogen-bond acceptors (Lipinski definition) is 5. The van der Waals surface area contributed by atoms with Crippen LogP contribution in [0.5, 0.6) is 0 Å². The first-order valence-electron chi connectivity index (χ1n) is 11.0. The lowest BCUT2D eigenvalue weighted by molar-refractivity contribution is 0.581. The normalized spacial score (nSPS) is 14.4. The number of halogens is 1. The summed E-state index contributed by atoms with van der Waals surface area (Å²) in [7, 11) is -4.18. The number of nitrogen functional groups attached to an aromatic ring is 1. The fraction of sp³-hybridized carbons (Fsp3) is 0.154. The topological polar surface area (TPSA) is 128 Å². The molecule has 35 heavy (non-hydrogen) atoms. The molecular weight excluding hydrogens is 482 g/mol. The van der Waals surface area contributed by atoms with Crippen LogP contribution in [-0.2, 0) is 16.4 Å². The molecule has 2 aromatic carbocycles. The molecule has 3 aromatic rings. The molecule has 1 atom stereocenters. The first-order chi connectivity index (χ1) is 16.8. The Morgan fingerprint density at radius 3 is 2.51 bits per heavy atom. The van der Waals surface area contributed by atoms with Gasteiger partial charge in [-0.2, -0.15) is 9.78 Å². The van der Waals surface area contributed by atoms with Crippen LogP contribution >= 0.6 is 11.6 Å². The van der Waals surface area contributed by atoms with Gasteiger partial charge in [-0.05, 0) is 41.7 Å². The number of nitrogens with two attached hydrogens (primary N) is 2. The van der Waals surface area contributed by atoms with Crippen LogP contribution in [0.3, 0.4) is 0 Å². The third kappa shape index (κ3) is 4.60. The van der Waals surface area contributed by atoms with Gasteiger partial charge in [-0.3, -0.25) is 5.41 Å². The Balaban J connectivity index is 2.06. The van der Waals surface area contributed by atoms with Gasteiger partial charge in [-0.15, -0.1) is 6.58 Å². The lowest BCUT2D eigenvalue weighted by atomic mass is 9.97. The first-order valence-corrected chi connectivity index (χ1v) is 13.0. The molecule has 7 nitrogen and oxygen atoms in total. The number of hydrogen-bond donors (Lipinski definition) is 3. The van der Waals surface area contributed by atoms with Crippen LogP contribution in [0, 0.1) is 5.41 Å². The molecule has 4 rings (SSSR count). The van der Waals surface area contributed by atoms with Gasteiger partial charge in [0.25, 0.3) is 0 Å². The maximum atomic E-state index is 14.3. The summed E-state index contributed by atoms with van der Waals surface area (Å²) in [5, 5.41) is 11.9. The second-order valence-corrected chi connectivity index (χ2v) is 10.5. The van der Waals surface area contributed by atoms with Gasteiger partial charge in [-0.1, -0.05) is 72.3 Å². The van der Waals surface area contributed by atoms with Crippen molar-refractivity contribution < 1.29 is 8.42 Å². The number of rotatable bonds is 7. The smallest absolute Gasteiger partial charge is 0.214 e. The first kappa shape index (κ1) is 24.7. The van der Waals surface area contributed by atoms with Gasteiger partial charge < -0.3 is 11.5 Å². The summed E-state index contributed by atoms with van der Waals surface area (Å²) in [5.74, 6) is -0.514. The fourth-order valence-corrected chi connectivity index (χ4v) is 6.30. The van der Waals surface area contributed by atoms with Crippen LogP contribution in [0.1, 0.15) is 34.8 Å². The molecule has 0 amide bonds. The molecule has 1 aliphatic carbocycles. The molecule has 180 valence electrons. The number of aromatic nitrogens is 2. The second-order valence-electron chi connectivity index (χ2n) is 8.08. The summed E-state index contributed by atoms with van der Waals surface area (Å²) in [4.78, 5) is 0. The lowest BCUT2D eigenvalue weighted by Gasteiger charge is -2.19. The fourth-order valence-electron chi connectivity index (χ4n) is 4.24. The zero-order valence-electron chi connectivity index (χ0n) is 19.0. The second kappa shape index (κ2) is 10.0. The minimum absolute atomic E-state index is 0.163. The third-order valence-electron chi connectivity index (χ3n) is 5.87. The van der Waals surface area contributed by atoms with E-state index in [1.165, 1.54) is 6.08 Å². The Bertz CT molecular complexity index is 1450. The number of benzene rings is 2. The van der Waals surface area contributed by atoms with Crippen molar-refractivity contribution in [2.45, 2.75) is 29.7 Å². The molecule has 0 aliphatic heterocycles. The van der Waals surface area contributed by atoms with Crippen molar-refractivity contribution in [3.05, 3.63) is 101 Å². The van der Waals surface area contributed by atoms with Gasteiger partial charge in [0.15, 0.2) is 5.03 Å². The van der Waals surface area contributed by atoms with E-state index in [0.717, 1.165) is 17.5 Å². The molecule has 1 aromatic heterocycles. The predicted octanol–water partition coefficient (Wildman–Crippen LogP) is 4.84. The van der Waals surface area contributed by atoms with Crippen LogP contribution in [-0.4, -0.2) is 24.2 Å². The molecule has 0 fully saturated rings. The third-order valence-corrected chi connectivity index (χ3v) is 8.15. The SMILES string of the molecule is C=CC(c1ccccc1CN)S(=O)(=O)c1c(C2=CCCC=C2)c(-c2ccc(Cl)cc2)nn1C(=N)N. The van der Waals surface area contributed by atoms with E-state index < -0.39 is 21.0 Å². The molecule has 0 radical (unpaired) electrons. The van der Waals surface area contributed by atoms with Crippen LogP contribution in [0.25, 0.3) is 16.8 Å². The maximum Gasteiger partial charge on any atom is 0.214 e. The Morgan fingerprint density at radius 1 is 1.20 bits per heavy atom. The number of sulfone groups is 1. The zero-order valence-corrected chi connectivity index (χ0v) is 20.6. The molecule has 1 unspecified atom stereocenters. The van der Waals surface area contributed by atoms with E-state index in [4.69, 9.17) is 28.5 Å². The summed E-state index contributed by atoms with van der Waals surface area (Å²) in [6.07, 6.45) is 8.80. The molecule has 1 aliphatic rings. The van der Waals surface area contributed by atoms with E-state index in [-0.39, 0.29) is 11.6 Å². The van der Waals surface area contributed by atoms with Crippen LogP contribution in [0.4, 0.5) is 0 Å². The standard InChI is InChI=1S/C26H26ClN5O2S/c1-2-22(21-11-7-6-10-19(21)16-28)35(33,34)25-23(17-8-4-3-5-9-17)24(31-32(25)26(29)30)18-12-14-20(27)15-13-18/h2,4,6-15,22H,1,3,5,16,28H2,(H3,29,30). The predicted molar refractivity (Wildman–Crippen MR) is 141 cm³/mol. The Morgan fingerprint density at radius 2 is 1.91 bits per heavy atom. The molecular formula is C26H26ClN5O2S. The minimum Gasteiger partial charge on any atom is -0.368 e. The van der Waals surface area contributed by atoms with Crippen molar-refractivity contribution in [2.24, 2.45) is 11.5 Å². The van der Waals surface area contributed by atoms with Crippen LogP contribution < -0.4 is 11.5 Å².